The van der Waals surface area contributed by atoms with Crippen LogP contribution in [0.5, 0.6) is 5.75 Å². The number of carboxylic acid groups (broad SMARTS) is 1. The minimum Gasteiger partial charge on any atom is -0.482 e. The third kappa shape index (κ3) is 8.51. The van der Waals surface area contributed by atoms with Gasteiger partial charge in [-0.2, -0.15) is 0 Å². The fourth-order valence-electron chi connectivity index (χ4n) is 4.86. The molecule has 10 nitrogen and oxygen atoms in total. The van der Waals surface area contributed by atoms with Crippen LogP contribution < -0.4 is 25.2 Å². The molecular formula is C31H32F2N4O6. The fraction of sp³-hybridized carbons (Fsp3) is 0.290. The third-order valence-corrected chi connectivity index (χ3v) is 7.10. The zero-order valence-electron chi connectivity index (χ0n) is 23.5. The van der Waals surface area contributed by atoms with Crippen LogP contribution in [0.4, 0.5) is 30.6 Å². The lowest BCUT2D eigenvalue weighted by Crippen LogP contribution is -2.43. The van der Waals surface area contributed by atoms with Gasteiger partial charge in [-0.15, -0.1) is 0 Å². The van der Waals surface area contributed by atoms with Crippen LogP contribution in [0.15, 0.2) is 66.7 Å². The van der Waals surface area contributed by atoms with E-state index in [1.54, 1.807) is 24.3 Å². The number of rotatable bonds is 11. The topological polar surface area (TPSA) is 128 Å². The van der Waals surface area contributed by atoms with Crippen LogP contribution in [0.2, 0.25) is 0 Å². The molecule has 4 rings (SSSR count). The van der Waals surface area contributed by atoms with Crippen LogP contribution >= 0.6 is 0 Å². The van der Waals surface area contributed by atoms with Crippen molar-refractivity contribution in [3.63, 3.8) is 0 Å². The summed E-state index contributed by atoms with van der Waals surface area (Å²) in [6.45, 7) is -0.453. The summed E-state index contributed by atoms with van der Waals surface area (Å²) in [5.41, 5.74) is 0.683. The Labute approximate surface area is 247 Å². The molecule has 1 aliphatic rings. The molecule has 1 saturated carbocycles. The molecule has 0 aromatic heterocycles. The number of carboxylic acids is 1. The molecule has 0 unspecified atom stereocenters. The summed E-state index contributed by atoms with van der Waals surface area (Å²) in [6.07, 6.45) is 3.97. The highest BCUT2D eigenvalue weighted by molar-refractivity contribution is 6.00. The van der Waals surface area contributed by atoms with Crippen LogP contribution in [0, 0.1) is 17.6 Å². The van der Waals surface area contributed by atoms with E-state index in [1.807, 2.05) is 0 Å². The van der Waals surface area contributed by atoms with Gasteiger partial charge in [-0.25, -0.2) is 18.4 Å². The van der Waals surface area contributed by atoms with Gasteiger partial charge >= 0.3 is 12.0 Å². The molecule has 0 aliphatic heterocycles. The van der Waals surface area contributed by atoms with E-state index in [-0.39, 0.29) is 35.2 Å². The van der Waals surface area contributed by atoms with Gasteiger partial charge in [-0.1, -0.05) is 31.0 Å². The number of hydrogen-bond acceptors (Lipinski definition) is 5. The third-order valence-electron chi connectivity index (χ3n) is 7.10. The zero-order valence-corrected chi connectivity index (χ0v) is 23.5. The number of anilines is 3. The second-order valence-electron chi connectivity index (χ2n) is 10.2. The van der Waals surface area contributed by atoms with Gasteiger partial charge in [0.2, 0.25) is 5.91 Å². The lowest BCUT2D eigenvalue weighted by atomic mass is 10.1. The normalized spacial score (nSPS) is 12.8. The van der Waals surface area contributed by atoms with Crippen molar-refractivity contribution in [2.75, 3.05) is 41.9 Å². The smallest absolute Gasteiger partial charge is 0.335 e. The average molecular weight is 595 g/mol. The summed E-state index contributed by atoms with van der Waals surface area (Å²) in [6, 6.07) is 14.5. The van der Waals surface area contributed by atoms with Crippen LogP contribution in [-0.4, -0.2) is 55.7 Å². The van der Waals surface area contributed by atoms with Crippen molar-refractivity contribution < 1.29 is 37.8 Å². The predicted molar refractivity (Wildman–Crippen MR) is 156 cm³/mol. The molecule has 3 aromatic rings. The Morgan fingerprint density at radius 1 is 0.930 bits per heavy atom. The Kier molecular flexibility index (Phi) is 10.3. The highest BCUT2D eigenvalue weighted by Gasteiger charge is 2.26. The molecule has 0 bridgehead atoms. The number of halogens is 2. The summed E-state index contributed by atoms with van der Waals surface area (Å²) in [7, 11) is 1.37. The average Bonchev–Trinajstić information content (AvgIpc) is 3.50. The summed E-state index contributed by atoms with van der Waals surface area (Å²) < 4.78 is 33.1. The summed E-state index contributed by atoms with van der Waals surface area (Å²) >= 11 is 0. The van der Waals surface area contributed by atoms with Crippen molar-refractivity contribution in [1.29, 1.82) is 0 Å². The molecule has 1 aliphatic carbocycles. The molecule has 0 heterocycles. The van der Waals surface area contributed by atoms with Gasteiger partial charge in [0.25, 0.3) is 5.91 Å². The van der Waals surface area contributed by atoms with E-state index >= 15 is 0 Å². The highest BCUT2D eigenvalue weighted by Crippen LogP contribution is 2.32. The van der Waals surface area contributed by atoms with Crippen molar-refractivity contribution in [2.24, 2.45) is 5.92 Å². The number of hydrogen-bond donors (Lipinski definition) is 3. The molecule has 4 amide bonds. The van der Waals surface area contributed by atoms with Crippen LogP contribution in [-0.2, 0) is 9.59 Å². The molecule has 0 atom stereocenters. The molecule has 3 N–H and O–H groups in total. The van der Waals surface area contributed by atoms with Gasteiger partial charge < -0.3 is 30.3 Å². The molecular weight excluding hydrogens is 562 g/mol. The summed E-state index contributed by atoms with van der Waals surface area (Å²) in [5, 5.41) is 14.2. The van der Waals surface area contributed by atoms with Crippen molar-refractivity contribution >= 4 is 40.9 Å². The van der Waals surface area contributed by atoms with Gasteiger partial charge in [-0.3, -0.25) is 9.59 Å². The first-order chi connectivity index (χ1) is 20.6. The zero-order chi connectivity index (χ0) is 30.9. The van der Waals surface area contributed by atoms with Gasteiger partial charge in [0.15, 0.2) is 6.61 Å². The second-order valence-corrected chi connectivity index (χ2v) is 10.2. The number of carbonyl (C=O) groups is 4. The molecule has 43 heavy (non-hydrogen) atoms. The largest absolute Gasteiger partial charge is 0.482 e. The van der Waals surface area contributed by atoms with Gasteiger partial charge in [0, 0.05) is 31.0 Å². The first-order valence-corrected chi connectivity index (χ1v) is 13.7. The fourth-order valence-corrected chi connectivity index (χ4v) is 4.86. The number of nitrogens with one attached hydrogen (secondary N) is 2. The first-order valence-electron chi connectivity index (χ1n) is 13.7. The second kappa shape index (κ2) is 14.3. The van der Waals surface area contributed by atoms with Crippen molar-refractivity contribution in [3.8, 4) is 5.75 Å². The van der Waals surface area contributed by atoms with Crippen LogP contribution in [0.25, 0.3) is 0 Å². The number of nitrogens with zero attached hydrogens (tertiary/aromatic N) is 2. The monoisotopic (exact) mass is 594 g/mol. The van der Waals surface area contributed by atoms with Crippen molar-refractivity contribution in [3.05, 3.63) is 83.9 Å². The SMILES string of the molecule is CN(C(=O)COc1ccccc1N(CC1CCCC1)C(=O)CNC(=O)Nc1cccc(C(=O)O)c1)c1cc(F)cc(F)c1. The number of benzene rings is 3. The number of urea groups is 1. The van der Waals surface area contributed by atoms with E-state index in [4.69, 9.17) is 9.84 Å². The van der Waals surface area contributed by atoms with Crippen LogP contribution in [0.3, 0.4) is 0 Å². The number of likely N-dealkylation sites (N-methyl/N-ethyl adjacent to an activating group) is 1. The van der Waals surface area contributed by atoms with E-state index in [2.05, 4.69) is 10.6 Å². The molecule has 0 saturated heterocycles. The maximum Gasteiger partial charge on any atom is 0.335 e. The number of carbonyl (C=O) groups excluding carboxylic acids is 3. The van der Waals surface area contributed by atoms with Crippen molar-refractivity contribution in [1.82, 2.24) is 5.32 Å². The van der Waals surface area contributed by atoms with Gasteiger partial charge in [0.1, 0.15) is 17.4 Å². The standard InChI is InChI=1S/C31H32F2N4O6/c1-36(25-15-22(32)14-23(33)16-25)29(39)19-43-27-12-5-4-11-26(27)37(18-20-7-2-3-8-20)28(38)17-34-31(42)35-24-10-6-9-21(13-24)30(40)41/h4-6,9-16,20H,2-3,7-8,17-19H2,1H3,(H,40,41)(H2,34,35,42). The number of ether oxygens (including phenoxy) is 1. The molecule has 0 spiro atoms. The van der Waals surface area contributed by atoms with E-state index in [0.29, 0.717) is 18.3 Å². The van der Waals surface area contributed by atoms with E-state index < -0.39 is 42.1 Å². The van der Waals surface area contributed by atoms with E-state index in [0.717, 1.165) is 42.7 Å². The molecule has 12 heteroatoms. The van der Waals surface area contributed by atoms with Gasteiger partial charge in [0.05, 0.1) is 17.8 Å². The Bertz CT molecular complexity index is 1470. The molecule has 226 valence electrons. The minimum absolute atomic E-state index is 0.000920. The summed E-state index contributed by atoms with van der Waals surface area (Å²) in [5.74, 6) is -3.29. The lowest BCUT2D eigenvalue weighted by Gasteiger charge is -2.28. The van der Waals surface area contributed by atoms with Crippen LogP contribution in [0.1, 0.15) is 36.0 Å². The Hall–Kier alpha value is -5.00. The maximum absolute atomic E-state index is 13.7. The first kappa shape index (κ1) is 30.9. The summed E-state index contributed by atoms with van der Waals surface area (Å²) in [4.78, 5) is 52.6. The Morgan fingerprint density at radius 3 is 2.33 bits per heavy atom. The molecule has 1 fully saturated rings. The quantitative estimate of drug-likeness (QED) is 0.285. The van der Waals surface area contributed by atoms with E-state index in [1.165, 1.54) is 36.2 Å². The minimum atomic E-state index is -1.14. The van der Waals surface area contributed by atoms with E-state index in [9.17, 15) is 28.0 Å². The lowest BCUT2D eigenvalue weighted by molar-refractivity contribution is -0.120. The number of amides is 4. The highest BCUT2D eigenvalue weighted by atomic mass is 19.1. The predicted octanol–water partition coefficient (Wildman–Crippen LogP) is 5.05. The van der Waals surface area contributed by atoms with Crippen molar-refractivity contribution in [2.45, 2.75) is 25.7 Å². The number of para-hydroxylation sites is 2. The molecule has 0 radical (unpaired) electrons. The molecule has 3 aromatic carbocycles. The Balaban J connectivity index is 1.45. The van der Waals surface area contributed by atoms with Gasteiger partial charge in [-0.05, 0) is 61.2 Å². The number of aromatic carboxylic acids is 1. The maximum atomic E-state index is 13.7. The Morgan fingerprint density at radius 2 is 1.63 bits per heavy atom.